The Balaban J connectivity index is 1.84. The Labute approximate surface area is 104 Å². The van der Waals surface area contributed by atoms with Crippen LogP contribution in [0.2, 0.25) is 0 Å². The van der Waals surface area contributed by atoms with E-state index in [1.165, 1.54) is 19.4 Å². The summed E-state index contributed by atoms with van der Waals surface area (Å²) in [5.74, 6) is 0.907. The van der Waals surface area contributed by atoms with Crippen LogP contribution in [0.1, 0.15) is 25.7 Å². The fourth-order valence-electron chi connectivity index (χ4n) is 2.95. The minimum Gasteiger partial charge on any atom is -0.345 e. The van der Waals surface area contributed by atoms with Crippen LogP contribution in [0.3, 0.4) is 0 Å². The highest BCUT2D eigenvalue weighted by molar-refractivity contribution is 5.85. The fraction of sp³-hybridized carbons (Fsp3) is 0.923. The molecule has 1 unspecified atom stereocenters. The van der Waals surface area contributed by atoms with Crippen LogP contribution in [-0.4, -0.2) is 56.0 Å². The Morgan fingerprint density at radius 2 is 2.24 bits per heavy atom. The maximum Gasteiger partial charge on any atom is 0.229 e. The molecule has 17 heavy (non-hydrogen) atoms. The van der Waals surface area contributed by atoms with Gasteiger partial charge in [0.05, 0.1) is 5.41 Å². The van der Waals surface area contributed by atoms with Gasteiger partial charge in [0.15, 0.2) is 0 Å². The number of hydrogen-bond acceptors (Lipinski definition) is 3. The summed E-state index contributed by atoms with van der Waals surface area (Å²) >= 11 is 0. The lowest BCUT2D eigenvalue weighted by Gasteiger charge is -2.33. The standard InChI is InChI=1S/C13H25N3O/c1-15-7-3-4-11(8-15)9-16(2)12(17)13(10-14)5-6-13/h11H,3-10,14H2,1-2H3. The zero-order valence-electron chi connectivity index (χ0n) is 11.1. The van der Waals surface area contributed by atoms with Crippen molar-refractivity contribution in [2.45, 2.75) is 25.7 Å². The van der Waals surface area contributed by atoms with Crippen LogP contribution in [0.25, 0.3) is 0 Å². The lowest BCUT2D eigenvalue weighted by Crippen LogP contribution is -2.43. The summed E-state index contributed by atoms with van der Waals surface area (Å²) in [5, 5.41) is 0. The molecule has 0 spiro atoms. The number of hydrogen-bond donors (Lipinski definition) is 1. The maximum absolute atomic E-state index is 12.2. The molecule has 2 N–H and O–H groups in total. The number of carbonyl (C=O) groups excluding carboxylic acids is 1. The zero-order chi connectivity index (χ0) is 12.5. The molecule has 1 amide bonds. The molecule has 0 aromatic rings. The van der Waals surface area contributed by atoms with Gasteiger partial charge >= 0.3 is 0 Å². The number of nitrogens with two attached hydrogens (primary N) is 1. The quantitative estimate of drug-likeness (QED) is 0.778. The van der Waals surface area contributed by atoms with Gasteiger partial charge in [-0.2, -0.15) is 0 Å². The van der Waals surface area contributed by atoms with Crippen LogP contribution < -0.4 is 5.73 Å². The van der Waals surface area contributed by atoms with E-state index in [0.717, 1.165) is 25.9 Å². The molecule has 2 rings (SSSR count). The Kier molecular flexibility index (Phi) is 3.73. The van der Waals surface area contributed by atoms with Crippen molar-refractivity contribution in [1.29, 1.82) is 0 Å². The second-order valence-corrected chi connectivity index (χ2v) is 5.94. The summed E-state index contributed by atoms with van der Waals surface area (Å²) in [6, 6.07) is 0. The molecule has 4 heteroatoms. The maximum atomic E-state index is 12.2. The van der Waals surface area contributed by atoms with Crippen LogP contribution in [0.15, 0.2) is 0 Å². The molecule has 4 nitrogen and oxygen atoms in total. The number of likely N-dealkylation sites (tertiary alicyclic amines) is 1. The van der Waals surface area contributed by atoms with E-state index in [9.17, 15) is 4.79 Å². The summed E-state index contributed by atoms with van der Waals surface area (Å²) in [6.45, 7) is 3.72. The van der Waals surface area contributed by atoms with E-state index in [0.29, 0.717) is 12.5 Å². The highest BCUT2D eigenvalue weighted by Crippen LogP contribution is 2.46. The highest BCUT2D eigenvalue weighted by Gasteiger charge is 2.49. The second kappa shape index (κ2) is 4.94. The van der Waals surface area contributed by atoms with Gasteiger partial charge in [-0.25, -0.2) is 0 Å². The first-order valence-corrected chi connectivity index (χ1v) is 6.71. The summed E-state index contributed by atoms with van der Waals surface area (Å²) in [5.41, 5.74) is 5.52. The van der Waals surface area contributed by atoms with Crippen LogP contribution >= 0.6 is 0 Å². The molecule has 0 aromatic carbocycles. The zero-order valence-corrected chi connectivity index (χ0v) is 11.1. The first-order valence-electron chi connectivity index (χ1n) is 6.71. The highest BCUT2D eigenvalue weighted by atomic mass is 16.2. The number of piperidine rings is 1. The van der Waals surface area contributed by atoms with Crippen molar-refractivity contribution in [3.05, 3.63) is 0 Å². The van der Waals surface area contributed by atoms with Crippen molar-refractivity contribution in [1.82, 2.24) is 9.80 Å². The molecule has 0 bridgehead atoms. The topological polar surface area (TPSA) is 49.6 Å². The van der Waals surface area contributed by atoms with Gasteiger partial charge in [-0.1, -0.05) is 0 Å². The molecule has 0 aromatic heterocycles. The van der Waals surface area contributed by atoms with E-state index >= 15 is 0 Å². The molecule has 98 valence electrons. The molecule has 1 saturated carbocycles. The predicted octanol–water partition coefficient (Wildman–Crippen LogP) is 0.526. The normalized spacial score (nSPS) is 27.8. The minimum absolute atomic E-state index is 0.185. The predicted molar refractivity (Wildman–Crippen MR) is 68.6 cm³/mol. The van der Waals surface area contributed by atoms with E-state index < -0.39 is 0 Å². The first-order chi connectivity index (χ1) is 8.07. The smallest absolute Gasteiger partial charge is 0.229 e. The van der Waals surface area contributed by atoms with E-state index in [2.05, 4.69) is 11.9 Å². The largest absolute Gasteiger partial charge is 0.345 e. The van der Waals surface area contributed by atoms with Crippen molar-refractivity contribution >= 4 is 5.91 Å². The SMILES string of the molecule is CN1CCCC(CN(C)C(=O)C2(CN)CC2)C1. The van der Waals surface area contributed by atoms with Gasteiger partial charge in [0.25, 0.3) is 0 Å². The molecular formula is C13H25N3O. The summed E-state index contributed by atoms with van der Waals surface area (Å²) in [4.78, 5) is 16.5. The van der Waals surface area contributed by atoms with Crippen molar-refractivity contribution in [2.75, 3.05) is 40.3 Å². The second-order valence-electron chi connectivity index (χ2n) is 5.94. The van der Waals surface area contributed by atoms with Gasteiger partial charge in [0.1, 0.15) is 0 Å². The summed E-state index contributed by atoms with van der Waals surface area (Å²) in [6.07, 6.45) is 4.47. The molecule has 0 radical (unpaired) electrons. The van der Waals surface area contributed by atoms with Gasteiger partial charge in [0.2, 0.25) is 5.91 Å². The van der Waals surface area contributed by atoms with Gasteiger partial charge in [-0.05, 0) is 45.2 Å². The number of carbonyl (C=O) groups is 1. The van der Waals surface area contributed by atoms with Gasteiger partial charge in [0, 0.05) is 26.7 Å². The average molecular weight is 239 g/mol. The number of rotatable bonds is 4. The van der Waals surface area contributed by atoms with Crippen LogP contribution in [0, 0.1) is 11.3 Å². The van der Waals surface area contributed by atoms with Gasteiger partial charge < -0.3 is 15.5 Å². The van der Waals surface area contributed by atoms with Crippen LogP contribution in [0.4, 0.5) is 0 Å². The molecule has 1 aliphatic heterocycles. The minimum atomic E-state index is -0.185. The van der Waals surface area contributed by atoms with Crippen LogP contribution in [-0.2, 0) is 4.79 Å². The number of nitrogens with zero attached hydrogens (tertiary/aromatic N) is 2. The van der Waals surface area contributed by atoms with Crippen molar-refractivity contribution in [3.8, 4) is 0 Å². The third kappa shape index (κ3) is 2.80. The Hall–Kier alpha value is -0.610. The van der Waals surface area contributed by atoms with Crippen molar-refractivity contribution < 1.29 is 4.79 Å². The van der Waals surface area contributed by atoms with Crippen molar-refractivity contribution in [3.63, 3.8) is 0 Å². The third-order valence-electron chi connectivity index (χ3n) is 4.30. The van der Waals surface area contributed by atoms with Gasteiger partial charge in [-0.3, -0.25) is 4.79 Å². The summed E-state index contributed by atoms with van der Waals surface area (Å²) < 4.78 is 0. The average Bonchev–Trinajstić information content (AvgIpc) is 3.09. The molecule has 2 fully saturated rings. The molecule has 1 atom stereocenters. The van der Waals surface area contributed by atoms with Gasteiger partial charge in [-0.15, -0.1) is 0 Å². The lowest BCUT2D eigenvalue weighted by atomic mass is 9.97. The summed E-state index contributed by atoms with van der Waals surface area (Å²) in [7, 11) is 4.10. The first kappa shape index (κ1) is 12.8. The molecule has 1 saturated heterocycles. The third-order valence-corrected chi connectivity index (χ3v) is 4.30. The molecule has 1 aliphatic carbocycles. The molecule has 1 heterocycles. The lowest BCUT2D eigenvalue weighted by molar-refractivity contribution is -0.136. The Morgan fingerprint density at radius 3 is 2.76 bits per heavy atom. The fourth-order valence-corrected chi connectivity index (χ4v) is 2.95. The van der Waals surface area contributed by atoms with E-state index in [-0.39, 0.29) is 11.3 Å². The van der Waals surface area contributed by atoms with E-state index in [4.69, 9.17) is 5.73 Å². The Morgan fingerprint density at radius 1 is 1.53 bits per heavy atom. The number of amides is 1. The molecule has 2 aliphatic rings. The van der Waals surface area contributed by atoms with Crippen LogP contribution in [0.5, 0.6) is 0 Å². The Bertz CT molecular complexity index is 288. The van der Waals surface area contributed by atoms with E-state index in [1.807, 2.05) is 11.9 Å². The van der Waals surface area contributed by atoms with Crippen molar-refractivity contribution in [2.24, 2.45) is 17.1 Å². The van der Waals surface area contributed by atoms with E-state index in [1.54, 1.807) is 0 Å². The monoisotopic (exact) mass is 239 g/mol. The molecular weight excluding hydrogens is 214 g/mol.